The van der Waals surface area contributed by atoms with Crippen molar-refractivity contribution in [1.82, 2.24) is 14.1 Å². The van der Waals surface area contributed by atoms with Crippen LogP contribution in [0.2, 0.25) is 0 Å². The summed E-state index contributed by atoms with van der Waals surface area (Å²) < 4.78 is 4.71. The second kappa shape index (κ2) is 5.78. The molecule has 2 aromatic carbocycles. The van der Waals surface area contributed by atoms with Crippen molar-refractivity contribution in [3.8, 4) is 34.0 Å². The van der Waals surface area contributed by atoms with Crippen LogP contribution < -0.4 is 0 Å². The third-order valence-electron chi connectivity index (χ3n) is 4.90. The normalized spacial score (nSPS) is 13.1. The average Bonchev–Trinajstić information content (AvgIpc) is 3.24. The lowest BCUT2D eigenvalue weighted by Crippen LogP contribution is -2.01. The van der Waals surface area contributed by atoms with Crippen molar-refractivity contribution < 1.29 is 0 Å². The van der Waals surface area contributed by atoms with E-state index >= 15 is 0 Å². The van der Waals surface area contributed by atoms with Gasteiger partial charge < -0.3 is 9.13 Å². The van der Waals surface area contributed by atoms with Gasteiger partial charge in [0.05, 0.1) is 17.1 Å². The van der Waals surface area contributed by atoms with Gasteiger partial charge in [-0.2, -0.15) is 0 Å². The Hall–Kier alpha value is -3.07. The van der Waals surface area contributed by atoms with Crippen molar-refractivity contribution in [1.29, 1.82) is 0 Å². The molecule has 0 bridgehead atoms. The summed E-state index contributed by atoms with van der Waals surface area (Å²) >= 11 is 0. The minimum Gasteiger partial charge on any atom is -0.345 e. The van der Waals surface area contributed by atoms with Crippen molar-refractivity contribution in [2.45, 2.75) is 19.5 Å². The highest BCUT2D eigenvalue weighted by molar-refractivity contribution is 5.81. The van der Waals surface area contributed by atoms with E-state index in [2.05, 4.69) is 88.1 Å². The van der Waals surface area contributed by atoms with Gasteiger partial charge in [-0.1, -0.05) is 60.7 Å². The van der Waals surface area contributed by atoms with Crippen molar-refractivity contribution in [3.63, 3.8) is 0 Å². The van der Waals surface area contributed by atoms with Crippen LogP contribution in [0.15, 0.2) is 79.0 Å². The number of aryl methyl sites for hydroxylation is 1. The first-order chi connectivity index (χ1) is 12.4. The largest absolute Gasteiger partial charge is 0.345 e. The molecule has 0 radical (unpaired) electrons. The maximum absolute atomic E-state index is 5.11. The summed E-state index contributed by atoms with van der Waals surface area (Å²) in [4.78, 5) is 5.11. The van der Waals surface area contributed by atoms with Crippen LogP contribution in [0.1, 0.15) is 6.42 Å². The third-order valence-corrected chi connectivity index (χ3v) is 4.90. The number of hydrogen-bond acceptors (Lipinski definition) is 1. The zero-order valence-corrected chi connectivity index (χ0v) is 14.0. The molecule has 4 aromatic rings. The van der Waals surface area contributed by atoms with Gasteiger partial charge >= 0.3 is 0 Å². The van der Waals surface area contributed by atoms with E-state index in [9.17, 15) is 0 Å². The van der Waals surface area contributed by atoms with E-state index in [-0.39, 0.29) is 0 Å². The molecule has 3 nitrogen and oxygen atoms in total. The Bertz CT molecular complexity index is 1010. The number of imidazole rings is 1. The van der Waals surface area contributed by atoms with Gasteiger partial charge in [-0.3, -0.25) is 0 Å². The lowest BCUT2D eigenvalue weighted by molar-refractivity contribution is 0.599. The molecule has 5 rings (SSSR count). The number of fused-ring (bicyclic) bond motifs is 3. The minimum atomic E-state index is 0.987. The molecule has 0 amide bonds. The Labute approximate surface area is 147 Å². The molecule has 0 saturated carbocycles. The van der Waals surface area contributed by atoms with Gasteiger partial charge in [0.15, 0.2) is 5.82 Å². The van der Waals surface area contributed by atoms with Gasteiger partial charge in [0.1, 0.15) is 0 Å². The van der Waals surface area contributed by atoms with Crippen LogP contribution in [-0.2, 0) is 13.1 Å². The van der Waals surface area contributed by atoms with E-state index in [0.29, 0.717) is 0 Å². The molecule has 3 heterocycles. The van der Waals surface area contributed by atoms with Crippen LogP contribution in [0.5, 0.6) is 0 Å². The zero-order chi connectivity index (χ0) is 16.6. The SMILES string of the molecule is c1ccc(-c2nc3n(c2-c2ccccc2)CCCn2cccc2-3)cc1. The second-order valence-corrected chi connectivity index (χ2v) is 6.46. The molecule has 2 aromatic heterocycles. The highest BCUT2D eigenvalue weighted by atomic mass is 15.1. The fourth-order valence-corrected chi connectivity index (χ4v) is 3.76. The minimum absolute atomic E-state index is 0.987. The fraction of sp³-hybridized carbons (Fsp3) is 0.136. The number of rotatable bonds is 2. The van der Waals surface area contributed by atoms with Crippen molar-refractivity contribution in [2.24, 2.45) is 0 Å². The van der Waals surface area contributed by atoms with Crippen LogP contribution in [0.25, 0.3) is 34.0 Å². The molecule has 0 aliphatic carbocycles. The highest BCUT2D eigenvalue weighted by Crippen LogP contribution is 2.37. The molecule has 0 unspecified atom stereocenters. The van der Waals surface area contributed by atoms with E-state index in [1.807, 2.05) is 0 Å². The van der Waals surface area contributed by atoms with E-state index in [1.54, 1.807) is 0 Å². The number of benzene rings is 2. The Morgan fingerprint density at radius 1 is 0.720 bits per heavy atom. The topological polar surface area (TPSA) is 22.8 Å². The quantitative estimate of drug-likeness (QED) is 0.503. The molecule has 1 aliphatic rings. The molecular weight excluding hydrogens is 306 g/mol. The van der Waals surface area contributed by atoms with E-state index in [1.165, 1.54) is 22.5 Å². The molecule has 1 aliphatic heterocycles. The van der Waals surface area contributed by atoms with Crippen molar-refractivity contribution in [3.05, 3.63) is 79.0 Å². The molecular formula is C22H19N3. The van der Waals surface area contributed by atoms with Gasteiger partial charge in [-0.25, -0.2) is 4.98 Å². The van der Waals surface area contributed by atoms with E-state index < -0.39 is 0 Å². The van der Waals surface area contributed by atoms with Crippen LogP contribution in [0, 0.1) is 0 Å². The van der Waals surface area contributed by atoms with Gasteiger partial charge in [0.25, 0.3) is 0 Å². The lowest BCUT2D eigenvalue weighted by atomic mass is 10.0. The summed E-state index contributed by atoms with van der Waals surface area (Å²) in [5.41, 5.74) is 5.88. The van der Waals surface area contributed by atoms with Crippen LogP contribution >= 0.6 is 0 Å². The van der Waals surface area contributed by atoms with Gasteiger partial charge in [-0.15, -0.1) is 0 Å². The Morgan fingerprint density at radius 3 is 2.20 bits per heavy atom. The standard InChI is InChI=1S/C22H19N3/c1-3-9-17(10-4-1)20-21(18-11-5-2-6-12-18)25-16-8-15-24-14-7-13-19(24)22(25)23-20/h1-7,9-14H,8,15-16H2. The van der Waals surface area contributed by atoms with E-state index in [0.717, 1.165) is 31.0 Å². The molecule has 0 spiro atoms. The maximum atomic E-state index is 5.11. The summed E-state index contributed by atoms with van der Waals surface area (Å²) in [5, 5.41) is 0. The first-order valence-electron chi connectivity index (χ1n) is 8.79. The van der Waals surface area contributed by atoms with Gasteiger partial charge in [0.2, 0.25) is 0 Å². The number of hydrogen-bond donors (Lipinski definition) is 0. The summed E-state index contributed by atoms with van der Waals surface area (Å²) in [5.74, 6) is 1.07. The number of aromatic nitrogens is 3. The molecule has 122 valence electrons. The predicted molar refractivity (Wildman–Crippen MR) is 101 cm³/mol. The average molecular weight is 325 g/mol. The molecule has 0 atom stereocenters. The summed E-state index contributed by atoms with van der Waals surface area (Å²) in [6.45, 7) is 2.03. The zero-order valence-electron chi connectivity index (χ0n) is 14.0. The second-order valence-electron chi connectivity index (χ2n) is 6.46. The van der Waals surface area contributed by atoms with Gasteiger partial charge in [-0.05, 0) is 18.6 Å². The monoisotopic (exact) mass is 325 g/mol. The van der Waals surface area contributed by atoms with Crippen LogP contribution in [0.3, 0.4) is 0 Å². The summed E-state index contributed by atoms with van der Waals surface area (Å²) in [6.07, 6.45) is 3.27. The molecule has 25 heavy (non-hydrogen) atoms. The molecule has 3 heteroatoms. The smallest absolute Gasteiger partial charge is 0.157 e. The van der Waals surface area contributed by atoms with Crippen molar-refractivity contribution in [2.75, 3.05) is 0 Å². The number of nitrogens with zero attached hydrogens (tertiary/aromatic N) is 3. The Kier molecular flexibility index (Phi) is 3.30. The van der Waals surface area contributed by atoms with Gasteiger partial charge in [0, 0.05) is 30.4 Å². The maximum Gasteiger partial charge on any atom is 0.157 e. The molecule has 0 saturated heterocycles. The third kappa shape index (κ3) is 2.31. The predicted octanol–water partition coefficient (Wildman–Crippen LogP) is 5.09. The molecule has 0 fully saturated rings. The summed E-state index contributed by atoms with van der Waals surface area (Å²) in [7, 11) is 0. The Morgan fingerprint density at radius 2 is 1.44 bits per heavy atom. The highest BCUT2D eigenvalue weighted by Gasteiger charge is 2.23. The van der Waals surface area contributed by atoms with E-state index in [4.69, 9.17) is 4.98 Å². The van der Waals surface area contributed by atoms with Crippen LogP contribution in [0.4, 0.5) is 0 Å². The van der Waals surface area contributed by atoms with Crippen molar-refractivity contribution >= 4 is 0 Å². The molecule has 0 N–H and O–H groups in total. The summed E-state index contributed by atoms with van der Waals surface area (Å²) in [6, 6.07) is 25.4. The Balaban J connectivity index is 1.82. The van der Waals surface area contributed by atoms with Crippen LogP contribution in [-0.4, -0.2) is 14.1 Å². The first kappa shape index (κ1) is 14.3. The lowest BCUT2D eigenvalue weighted by Gasteiger charge is -2.10. The fourth-order valence-electron chi connectivity index (χ4n) is 3.76. The first-order valence-corrected chi connectivity index (χ1v) is 8.79.